The number of carbonyl (C=O) groups is 1. The highest BCUT2D eigenvalue weighted by Gasteiger charge is 1.98. The van der Waals surface area contributed by atoms with E-state index in [1.165, 1.54) is 12.1 Å². The number of alkyl halides is 1. The van der Waals surface area contributed by atoms with Crippen LogP contribution in [0.3, 0.4) is 0 Å². The summed E-state index contributed by atoms with van der Waals surface area (Å²) in [7, 11) is 0. The lowest BCUT2D eigenvalue weighted by atomic mass is 10.3. The van der Waals surface area contributed by atoms with Gasteiger partial charge in [-0.25, -0.2) is 4.39 Å². The highest BCUT2D eigenvalue weighted by atomic mass is 35.5. The lowest BCUT2D eigenvalue weighted by Crippen LogP contribution is -2.28. The van der Waals surface area contributed by atoms with Crippen molar-refractivity contribution in [1.29, 1.82) is 0 Å². The van der Waals surface area contributed by atoms with Crippen molar-refractivity contribution in [2.45, 2.75) is 0 Å². The van der Waals surface area contributed by atoms with Crippen LogP contribution in [0.15, 0.2) is 24.3 Å². The molecule has 0 unspecified atom stereocenters. The number of hydrogen-bond donors (Lipinski definition) is 1. The zero-order valence-corrected chi connectivity index (χ0v) is 8.76. The first-order valence-electron chi connectivity index (χ1n) is 4.43. The molecule has 0 saturated heterocycles. The van der Waals surface area contributed by atoms with E-state index < -0.39 is 0 Å². The van der Waals surface area contributed by atoms with Crippen molar-refractivity contribution in [3.05, 3.63) is 30.1 Å². The molecule has 0 heterocycles. The first-order chi connectivity index (χ1) is 7.22. The maximum Gasteiger partial charge on any atom is 0.235 e. The Morgan fingerprint density at radius 3 is 3.00 bits per heavy atom. The predicted octanol–water partition coefficient (Wildman–Crippen LogP) is 1.56. The first kappa shape index (κ1) is 11.8. The Morgan fingerprint density at radius 1 is 1.53 bits per heavy atom. The van der Waals surface area contributed by atoms with Crippen molar-refractivity contribution in [3.63, 3.8) is 0 Å². The van der Waals surface area contributed by atoms with Crippen LogP contribution in [-0.2, 0) is 4.79 Å². The van der Waals surface area contributed by atoms with Crippen molar-refractivity contribution < 1.29 is 13.9 Å². The normalized spacial score (nSPS) is 9.73. The molecule has 5 heteroatoms. The Balaban J connectivity index is 2.23. The van der Waals surface area contributed by atoms with E-state index in [1.807, 2.05) is 0 Å². The Hall–Kier alpha value is -1.29. The predicted molar refractivity (Wildman–Crippen MR) is 55.6 cm³/mol. The number of rotatable bonds is 5. The Kier molecular flexibility index (Phi) is 4.90. The topological polar surface area (TPSA) is 38.3 Å². The van der Waals surface area contributed by atoms with Gasteiger partial charge in [-0.15, -0.1) is 11.6 Å². The maximum atomic E-state index is 12.7. The van der Waals surface area contributed by atoms with Gasteiger partial charge in [-0.05, 0) is 12.1 Å². The zero-order valence-electron chi connectivity index (χ0n) is 8.00. The molecule has 1 N–H and O–H groups in total. The molecular formula is C10H11ClFNO2. The second-order valence-electron chi connectivity index (χ2n) is 2.79. The summed E-state index contributed by atoms with van der Waals surface area (Å²) in [5.41, 5.74) is 0. The van der Waals surface area contributed by atoms with Crippen LogP contribution in [0.5, 0.6) is 5.75 Å². The minimum atomic E-state index is -0.350. The number of benzene rings is 1. The van der Waals surface area contributed by atoms with Gasteiger partial charge in [0.25, 0.3) is 0 Å². The van der Waals surface area contributed by atoms with E-state index in [0.29, 0.717) is 12.3 Å². The monoisotopic (exact) mass is 231 g/mol. The van der Waals surface area contributed by atoms with Crippen molar-refractivity contribution in [1.82, 2.24) is 5.32 Å². The largest absolute Gasteiger partial charge is 0.492 e. The van der Waals surface area contributed by atoms with Gasteiger partial charge in [0.2, 0.25) is 5.91 Å². The minimum absolute atomic E-state index is 0.0695. The molecule has 1 rings (SSSR count). The molecule has 0 aliphatic carbocycles. The summed E-state index contributed by atoms with van der Waals surface area (Å²) in [6, 6.07) is 5.82. The third kappa shape index (κ3) is 4.65. The standard InChI is InChI=1S/C10H11ClFNO2/c11-7-10(14)13-4-5-15-9-3-1-2-8(12)6-9/h1-3,6H,4-5,7H2,(H,13,14). The fraction of sp³-hybridized carbons (Fsp3) is 0.300. The van der Waals surface area contributed by atoms with E-state index >= 15 is 0 Å². The molecule has 0 spiro atoms. The van der Waals surface area contributed by atoms with Crippen LogP contribution in [0.2, 0.25) is 0 Å². The Morgan fingerprint density at radius 2 is 2.33 bits per heavy atom. The van der Waals surface area contributed by atoms with Gasteiger partial charge in [0, 0.05) is 6.07 Å². The molecule has 1 amide bonds. The highest BCUT2D eigenvalue weighted by molar-refractivity contribution is 6.27. The van der Waals surface area contributed by atoms with Crippen molar-refractivity contribution in [3.8, 4) is 5.75 Å². The number of ether oxygens (including phenoxy) is 1. The number of amides is 1. The van der Waals surface area contributed by atoms with Gasteiger partial charge < -0.3 is 10.1 Å². The van der Waals surface area contributed by atoms with E-state index in [4.69, 9.17) is 16.3 Å². The summed E-state index contributed by atoms with van der Waals surface area (Å²) in [6.07, 6.45) is 0. The van der Waals surface area contributed by atoms with Gasteiger partial charge in [0.05, 0.1) is 6.54 Å². The summed E-state index contributed by atoms with van der Waals surface area (Å²) in [5, 5.41) is 2.53. The van der Waals surface area contributed by atoms with Gasteiger partial charge >= 0.3 is 0 Å². The van der Waals surface area contributed by atoms with E-state index in [2.05, 4.69) is 5.32 Å². The molecule has 0 bridgehead atoms. The molecule has 1 aromatic carbocycles. The molecule has 0 fully saturated rings. The average molecular weight is 232 g/mol. The van der Waals surface area contributed by atoms with Crippen LogP contribution in [-0.4, -0.2) is 24.9 Å². The van der Waals surface area contributed by atoms with Crippen molar-refractivity contribution in [2.24, 2.45) is 0 Å². The van der Waals surface area contributed by atoms with Crippen LogP contribution in [0, 0.1) is 5.82 Å². The van der Waals surface area contributed by atoms with E-state index in [9.17, 15) is 9.18 Å². The zero-order chi connectivity index (χ0) is 11.1. The van der Waals surface area contributed by atoms with Crippen LogP contribution < -0.4 is 10.1 Å². The summed E-state index contributed by atoms with van der Waals surface area (Å²) in [4.78, 5) is 10.7. The van der Waals surface area contributed by atoms with Crippen LogP contribution in [0.25, 0.3) is 0 Å². The quantitative estimate of drug-likeness (QED) is 0.617. The van der Waals surface area contributed by atoms with Crippen molar-refractivity contribution >= 4 is 17.5 Å². The van der Waals surface area contributed by atoms with Gasteiger partial charge in [0.15, 0.2) is 0 Å². The lowest BCUT2D eigenvalue weighted by molar-refractivity contribution is -0.118. The molecule has 15 heavy (non-hydrogen) atoms. The van der Waals surface area contributed by atoms with Crippen LogP contribution in [0.4, 0.5) is 4.39 Å². The smallest absolute Gasteiger partial charge is 0.235 e. The second kappa shape index (κ2) is 6.24. The third-order valence-electron chi connectivity index (χ3n) is 1.61. The van der Waals surface area contributed by atoms with Crippen LogP contribution in [0.1, 0.15) is 0 Å². The number of halogens is 2. The SMILES string of the molecule is O=C(CCl)NCCOc1cccc(F)c1. The van der Waals surface area contributed by atoms with E-state index in [1.54, 1.807) is 12.1 Å². The summed E-state index contributed by atoms with van der Waals surface area (Å²) in [6.45, 7) is 0.633. The fourth-order valence-corrected chi connectivity index (χ4v) is 1.06. The molecule has 1 aromatic rings. The molecule has 0 saturated carbocycles. The molecule has 0 aliphatic rings. The summed E-state index contributed by atoms with van der Waals surface area (Å²) < 4.78 is 17.9. The molecular weight excluding hydrogens is 221 g/mol. The van der Waals surface area contributed by atoms with Gasteiger partial charge in [-0.3, -0.25) is 4.79 Å². The molecule has 82 valence electrons. The number of nitrogens with one attached hydrogen (secondary N) is 1. The Labute approximate surface area is 92.2 Å². The first-order valence-corrected chi connectivity index (χ1v) is 4.97. The van der Waals surface area contributed by atoms with Crippen molar-refractivity contribution in [2.75, 3.05) is 19.0 Å². The molecule has 0 radical (unpaired) electrons. The molecule has 3 nitrogen and oxygen atoms in total. The number of carbonyl (C=O) groups excluding carboxylic acids is 1. The van der Waals surface area contributed by atoms with E-state index in [-0.39, 0.29) is 24.2 Å². The lowest BCUT2D eigenvalue weighted by Gasteiger charge is -2.06. The summed E-state index contributed by atoms with van der Waals surface area (Å²) >= 11 is 5.27. The highest BCUT2D eigenvalue weighted by Crippen LogP contribution is 2.11. The van der Waals surface area contributed by atoms with Crippen LogP contribution >= 0.6 is 11.6 Å². The Bertz CT molecular complexity index is 333. The van der Waals surface area contributed by atoms with E-state index in [0.717, 1.165) is 0 Å². The molecule has 0 aliphatic heterocycles. The molecule has 0 aromatic heterocycles. The van der Waals surface area contributed by atoms with Gasteiger partial charge in [-0.2, -0.15) is 0 Å². The molecule has 0 atom stereocenters. The minimum Gasteiger partial charge on any atom is -0.492 e. The fourth-order valence-electron chi connectivity index (χ4n) is 0.963. The number of hydrogen-bond acceptors (Lipinski definition) is 2. The van der Waals surface area contributed by atoms with Gasteiger partial charge in [0.1, 0.15) is 24.1 Å². The van der Waals surface area contributed by atoms with Gasteiger partial charge in [-0.1, -0.05) is 6.07 Å². The second-order valence-corrected chi connectivity index (χ2v) is 3.06. The third-order valence-corrected chi connectivity index (χ3v) is 1.85. The average Bonchev–Trinajstić information content (AvgIpc) is 2.24. The summed E-state index contributed by atoms with van der Waals surface area (Å²) in [5.74, 6) is -0.230. The maximum absolute atomic E-state index is 12.7.